The molecule has 1 aliphatic heterocycles. The number of hydrogen-bond acceptors (Lipinski definition) is 4. The lowest BCUT2D eigenvalue weighted by atomic mass is 9.92. The summed E-state index contributed by atoms with van der Waals surface area (Å²) in [7, 11) is 0. The maximum absolute atomic E-state index is 12.6. The Bertz CT molecular complexity index is 710. The molecule has 0 radical (unpaired) electrons. The maximum atomic E-state index is 12.6. The molecule has 1 fully saturated rings. The molecule has 0 aliphatic carbocycles. The van der Waals surface area contributed by atoms with Crippen molar-refractivity contribution < 1.29 is 19.2 Å². The fourth-order valence-corrected chi connectivity index (χ4v) is 2.88. The molecule has 1 N–H and O–H groups in total. The molecule has 2 unspecified atom stereocenters. The highest BCUT2D eigenvalue weighted by Crippen LogP contribution is 2.26. The summed E-state index contributed by atoms with van der Waals surface area (Å²) in [4.78, 5) is 25.4. The molecular formula is C17H18N2O4. The predicted octanol–water partition coefficient (Wildman–Crippen LogP) is 2.67. The van der Waals surface area contributed by atoms with Crippen molar-refractivity contribution >= 4 is 11.9 Å². The van der Waals surface area contributed by atoms with Crippen molar-refractivity contribution in [1.29, 1.82) is 0 Å². The van der Waals surface area contributed by atoms with Crippen molar-refractivity contribution in [2.24, 2.45) is 5.92 Å². The summed E-state index contributed by atoms with van der Waals surface area (Å²) in [6, 6.07) is 10.1. The fourth-order valence-electron chi connectivity index (χ4n) is 2.88. The summed E-state index contributed by atoms with van der Waals surface area (Å²) in [5.41, 5.74) is 1.41. The van der Waals surface area contributed by atoms with Crippen LogP contribution in [0.5, 0.6) is 0 Å². The Kier molecular flexibility index (Phi) is 4.14. The number of aliphatic carboxylic acids is 1. The van der Waals surface area contributed by atoms with Gasteiger partial charge in [-0.05, 0) is 18.8 Å². The number of carbonyl (C=O) groups excluding carboxylic acids is 1. The van der Waals surface area contributed by atoms with Crippen LogP contribution in [0.25, 0.3) is 11.3 Å². The van der Waals surface area contributed by atoms with E-state index in [2.05, 4.69) is 5.16 Å². The van der Waals surface area contributed by atoms with Gasteiger partial charge in [0.05, 0.1) is 0 Å². The van der Waals surface area contributed by atoms with Gasteiger partial charge in [-0.15, -0.1) is 0 Å². The largest absolute Gasteiger partial charge is 0.480 e. The second kappa shape index (κ2) is 6.24. The average Bonchev–Trinajstić information content (AvgIpc) is 3.05. The van der Waals surface area contributed by atoms with Crippen LogP contribution in [0.15, 0.2) is 40.9 Å². The van der Waals surface area contributed by atoms with Crippen molar-refractivity contribution in [3.63, 3.8) is 0 Å². The zero-order chi connectivity index (χ0) is 16.4. The van der Waals surface area contributed by atoms with Gasteiger partial charge >= 0.3 is 5.97 Å². The van der Waals surface area contributed by atoms with E-state index >= 15 is 0 Å². The molecule has 2 heterocycles. The number of likely N-dealkylation sites (tertiary alicyclic amines) is 1. The van der Waals surface area contributed by atoms with E-state index in [0.717, 1.165) is 12.0 Å². The van der Waals surface area contributed by atoms with Crippen molar-refractivity contribution in [3.8, 4) is 11.3 Å². The molecule has 1 aromatic heterocycles. The number of piperidine rings is 1. The number of aromatic nitrogens is 1. The van der Waals surface area contributed by atoms with Crippen molar-refractivity contribution in [3.05, 3.63) is 42.2 Å². The third-order valence-electron chi connectivity index (χ3n) is 4.20. The number of hydrogen-bond donors (Lipinski definition) is 1. The Labute approximate surface area is 133 Å². The van der Waals surface area contributed by atoms with Crippen LogP contribution in [0, 0.1) is 5.92 Å². The SMILES string of the molecule is CC1CCN(C(=O)c2cc(-c3ccccc3)no2)C(C(=O)O)C1. The first kappa shape index (κ1) is 15.3. The number of nitrogens with zero attached hydrogens (tertiary/aromatic N) is 2. The lowest BCUT2D eigenvalue weighted by molar-refractivity contribution is -0.144. The third-order valence-corrected chi connectivity index (χ3v) is 4.20. The number of carboxylic acid groups (broad SMARTS) is 1. The molecule has 0 spiro atoms. The molecular weight excluding hydrogens is 296 g/mol. The standard InChI is InChI=1S/C17H18N2O4/c1-11-7-8-19(14(9-11)17(21)22)16(20)15-10-13(18-23-15)12-5-3-2-4-6-12/h2-6,10-11,14H,7-9H2,1H3,(H,21,22). The minimum atomic E-state index is -0.979. The van der Waals surface area contributed by atoms with E-state index in [1.807, 2.05) is 37.3 Å². The quantitative estimate of drug-likeness (QED) is 0.941. The summed E-state index contributed by atoms with van der Waals surface area (Å²) in [6.45, 7) is 2.41. The Hall–Kier alpha value is -2.63. The third kappa shape index (κ3) is 3.11. The van der Waals surface area contributed by atoms with Gasteiger partial charge in [-0.25, -0.2) is 4.79 Å². The second-order valence-corrected chi connectivity index (χ2v) is 5.92. The van der Waals surface area contributed by atoms with Gasteiger partial charge in [-0.3, -0.25) is 4.79 Å². The highest BCUT2D eigenvalue weighted by atomic mass is 16.5. The highest BCUT2D eigenvalue weighted by Gasteiger charge is 2.36. The lowest BCUT2D eigenvalue weighted by Crippen LogP contribution is -2.49. The van der Waals surface area contributed by atoms with E-state index in [1.165, 1.54) is 4.90 Å². The van der Waals surface area contributed by atoms with Crippen LogP contribution in [-0.2, 0) is 4.79 Å². The van der Waals surface area contributed by atoms with Crippen LogP contribution in [0.3, 0.4) is 0 Å². The molecule has 1 amide bonds. The van der Waals surface area contributed by atoms with Gasteiger partial charge in [-0.1, -0.05) is 42.4 Å². The van der Waals surface area contributed by atoms with Gasteiger partial charge in [0, 0.05) is 18.2 Å². The van der Waals surface area contributed by atoms with Crippen molar-refractivity contribution in [2.45, 2.75) is 25.8 Å². The molecule has 3 rings (SSSR count). The molecule has 0 bridgehead atoms. The predicted molar refractivity (Wildman–Crippen MR) is 82.8 cm³/mol. The monoisotopic (exact) mass is 314 g/mol. The first-order valence-corrected chi connectivity index (χ1v) is 7.62. The van der Waals surface area contributed by atoms with Crippen LogP contribution >= 0.6 is 0 Å². The average molecular weight is 314 g/mol. The van der Waals surface area contributed by atoms with Crippen LogP contribution in [0.2, 0.25) is 0 Å². The van der Waals surface area contributed by atoms with Gasteiger partial charge in [0.2, 0.25) is 5.76 Å². The number of rotatable bonds is 3. The van der Waals surface area contributed by atoms with Gasteiger partial charge in [0.15, 0.2) is 0 Å². The number of amides is 1. The molecule has 1 aliphatic rings. The second-order valence-electron chi connectivity index (χ2n) is 5.92. The van der Waals surface area contributed by atoms with Crippen LogP contribution in [0.1, 0.15) is 30.3 Å². The minimum absolute atomic E-state index is 0.0738. The van der Waals surface area contributed by atoms with Crippen molar-refractivity contribution in [1.82, 2.24) is 10.1 Å². The van der Waals surface area contributed by atoms with E-state index < -0.39 is 17.9 Å². The van der Waals surface area contributed by atoms with Crippen molar-refractivity contribution in [2.75, 3.05) is 6.54 Å². The summed E-state index contributed by atoms with van der Waals surface area (Å²) < 4.78 is 5.15. The van der Waals surface area contributed by atoms with E-state index in [9.17, 15) is 14.7 Å². The van der Waals surface area contributed by atoms with E-state index in [-0.39, 0.29) is 11.7 Å². The molecule has 1 saturated heterocycles. The van der Waals surface area contributed by atoms with E-state index in [1.54, 1.807) is 6.07 Å². The van der Waals surface area contributed by atoms with E-state index in [4.69, 9.17) is 4.52 Å². The summed E-state index contributed by atoms with van der Waals surface area (Å²) in [5.74, 6) is -1.04. The van der Waals surface area contributed by atoms with Crippen LogP contribution < -0.4 is 0 Å². The number of benzene rings is 1. The first-order chi connectivity index (χ1) is 11.1. The molecule has 120 valence electrons. The zero-order valence-corrected chi connectivity index (χ0v) is 12.8. The Morgan fingerprint density at radius 1 is 1.30 bits per heavy atom. The summed E-state index contributed by atoms with van der Waals surface area (Å²) >= 11 is 0. The van der Waals surface area contributed by atoms with Gasteiger partial charge in [-0.2, -0.15) is 0 Å². The molecule has 6 heteroatoms. The number of carbonyl (C=O) groups is 2. The Morgan fingerprint density at radius 2 is 2.04 bits per heavy atom. The number of carboxylic acids is 1. The smallest absolute Gasteiger partial charge is 0.326 e. The normalized spacial score (nSPS) is 21.2. The van der Waals surface area contributed by atoms with E-state index in [0.29, 0.717) is 18.7 Å². The minimum Gasteiger partial charge on any atom is -0.480 e. The zero-order valence-electron chi connectivity index (χ0n) is 12.8. The molecule has 6 nitrogen and oxygen atoms in total. The molecule has 2 aromatic rings. The molecule has 23 heavy (non-hydrogen) atoms. The van der Waals surface area contributed by atoms with Crippen LogP contribution in [-0.4, -0.2) is 39.6 Å². The lowest BCUT2D eigenvalue weighted by Gasteiger charge is -2.35. The van der Waals surface area contributed by atoms with Gasteiger partial charge in [0.1, 0.15) is 11.7 Å². The summed E-state index contributed by atoms with van der Waals surface area (Å²) in [5, 5.41) is 13.3. The Morgan fingerprint density at radius 3 is 2.74 bits per heavy atom. The first-order valence-electron chi connectivity index (χ1n) is 7.62. The Balaban J connectivity index is 1.83. The fraction of sp³-hybridized carbons (Fsp3) is 0.353. The summed E-state index contributed by atoms with van der Waals surface area (Å²) in [6.07, 6.45) is 1.25. The van der Waals surface area contributed by atoms with Gasteiger partial charge in [0.25, 0.3) is 5.91 Å². The highest BCUT2D eigenvalue weighted by molar-refractivity contribution is 5.95. The molecule has 1 aromatic carbocycles. The van der Waals surface area contributed by atoms with Crippen LogP contribution in [0.4, 0.5) is 0 Å². The molecule has 0 saturated carbocycles. The molecule has 2 atom stereocenters. The maximum Gasteiger partial charge on any atom is 0.326 e. The van der Waals surface area contributed by atoms with Gasteiger partial charge < -0.3 is 14.5 Å². The topological polar surface area (TPSA) is 83.6 Å².